The lowest BCUT2D eigenvalue weighted by Gasteiger charge is -2.01. The summed E-state index contributed by atoms with van der Waals surface area (Å²) < 4.78 is 1.92. The van der Waals surface area contributed by atoms with Gasteiger partial charge in [-0.25, -0.2) is 0 Å². The normalized spacial score (nSPS) is 11.1. The molecular weight excluding hydrogens is 186 g/mol. The molecule has 0 atom stereocenters. The summed E-state index contributed by atoms with van der Waals surface area (Å²) in [6.07, 6.45) is 0. The Balaban J connectivity index is 3.00. The van der Waals surface area contributed by atoms with E-state index >= 15 is 0 Å². The van der Waals surface area contributed by atoms with Crippen LogP contribution in [0.1, 0.15) is 11.4 Å². The highest BCUT2D eigenvalue weighted by atomic mass is 35.5. The van der Waals surface area contributed by atoms with Crippen molar-refractivity contribution in [3.8, 4) is 0 Å². The number of nitrogens with zero attached hydrogens (tertiary/aromatic N) is 3. The predicted octanol–water partition coefficient (Wildman–Crippen LogP) is 2.24. The quantitative estimate of drug-likeness (QED) is 0.646. The first-order valence-corrected chi connectivity index (χ1v) is 4.44. The zero-order valence-electron chi connectivity index (χ0n) is 7.80. The molecule has 68 valence electrons. The van der Waals surface area contributed by atoms with Crippen LogP contribution in [0.5, 0.6) is 0 Å². The lowest BCUT2D eigenvalue weighted by atomic mass is 10.2. The Morgan fingerprint density at radius 3 is 2.46 bits per heavy atom. The molecule has 0 aromatic carbocycles. The van der Waals surface area contributed by atoms with Gasteiger partial charge in [0, 0.05) is 12.4 Å². The van der Waals surface area contributed by atoms with E-state index < -0.39 is 0 Å². The summed E-state index contributed by atoms with van der Waals surface area (Å²) in [4.78, 5) is 0. The number of halogens is 1. The molecule has 4 heteroatoms. The maximum Gasteiger partial charge on any atom is 0.109 e. The van der Waals surface area contributed by atoms with Crippen LogP contribution in [0.25, 0.3) is 10.9 Å². The minimum Gasteiger partial charge on any atom is -0.333 e. The molecule has 0 aliphatic heterocycles. The summed E-state index contributed by atoms with van der Waals surface area (Å²) in [5.74, 6) is 0. The van der Waals surface area contributed by atoms with Crippen LogP contribution >= 0.6 is 11.6 Å². The Kier molecular flexibility index (Phi) is 1.77. The zero-order valence-corrected chi connectivity index (χ0v) is 8.55. The highest BCUT2D eigenvalue weighted by Gasteiger charge is 2.09. The van der Waals surface area contributed by atoms with Gasteiger partial charge in [0.15, 0.2) is 0 Å². The van der Waals surface area contributed by atoms with Gasteiger partial charge in [-0.15, -0.1) is 0 Å². The fourth-order valence-electron chi connectivity index (χ4n) is 1.54. The van der Waals surface area contributed by atoms with E-state index in [9.17, 15) is 0 Å². The molecule has 0 saturated carbocycles. The molecule has 13 heavy (non-hydrogen) atoms. The standard InChI is InChI=1S/C9H10ClN3/c1-5-7-4-8(10)13(3)9(7)6(2)12-11-5/h4H,1-3H3. The Hall–Kier alpha value is -1.09. The molecule has 0 saturated heterocycles. The third-order valence-electron chi connectivity index (χ3n) is 2.26. The van der Waals surface area contributed by atoms with E-state index in [-0.39, 0.29) is 0 Å². The lowest BCUT2D eigenvalue weighted by molar-refractivity contribution is 0.918. The van der Waals surface area contributed by atoms with Crippen LogP contribution in [0.15, 0.2) is 6.07 Å². The van der Waals surface area contributed by atoms with Gasteiger partial charge in [-0.1, -0.05) is 11.6 Å². The molecule has 2 aromatic heterocycles. The van der Waals surface area contributed by atoms with Crippen LogP contribution in [0.3, 0.4) is 0 Å². The van der Waals surface area contributed by atoms with Crippen molar-refractivity contribution in [2.24, 2.45) is 7.05 Å². The van der Waals surface area contributed by atoms with Gasteiger partial charge in [0.05, 0.1) is 16.9 Å². The number of rotatable bonds is 0. The maximum atomic E-state index is 6.00. The van der Waals surface area contributed by atoms with Crippen LogP contribution in [0.4, 0.5) is 0 Å². The van der Waals surface area contributed by atoms with Gasteiger partial charge in [-0.3, -0.25) is 0 Å². The van der Waals surface area contributed by atoms with E-state index in [1.54, 1.807) is 0 Å². The van der Waals surface area contributed by atoms with Crippen LogP contribution in [-0.2, 0) is 7.05 Å². The second-order valence-corrected chi connectivity index (χ2v) is 3.55. The molecule has 3 nitrogen and oxygen atoms in total. The summed E-state index contributed by atoms with van der Waals surface area (Å²) in [6, 6.07) is 1.92. The third kappa shape index (κ3) is 1.11. The second-order valence-electron chi connectivity index (χ2n) is 3.16. The van der Waals surface area contributed by atoms with Crippen molar-refractivity contribution in [3.05, 3.63) is 22.6 Å². The van der Waals surface area contributed by atoms with Crippen molar-refractivity contribution in [2.75, 3.05) is 0 Å². The molecule has 2 heterocycles. The number of hydrogen-bond donors (Lipinski definition) is 0. The average molecular weight is 196 g/mol. The van der Waals surface area contributed by atoms with E-state index in [4.69, 9.17) is 11.6 Å². The maximum absolute atomic E-state index is 6.00. The fraction of sp³-hybridized carbons (Fsp3) is 0.333. The molecule has 0 amide bonds. The molecule has 2 rings (SSSR count). The first-order valence-electron chi connectivity index (χ1n) is 4.06. The van der Waals surface area contributed by atoms with E-state index in [0.29, 0.717) is 0 Å². The van der Waals surface area contributed by atoms with Crippen molar-refractivity contribution in [2.45, 2.75) is 13.8 Å². The summed E-state index contributed by atoms with van der Waals surface area (Å²) >= 11 is 6.00. The van der Waals surface area contributed by atoms with Crippen LogP contribution in [0, 0.1) is 13.8 Å². The first-order chi connectivity index (χ1) is 6.11. The van der Waals surface area contributed by atoms with Gasteiger partial charge in [-0.2, -0.15) is 10.2 Å². The van der Waals surface area contributed by atoms with Gasteiger partial charge in [0.25, 0.3) is 0 Å². The number of aryl methyl sites for hydroxylation is 3. The Morgan fingerprint density at radius 1 is 1.23 bits per heavy atom. The monoisotopic (exact) mass is 195 g/mol. The van der Waals surface area contributed by atoms with E-state index in [2.05, 4.69) is 10.2 Å². The summed E-state index contributed by atoms with van der Waals surface area (Å²) in [6.45, 7) is 3.87. The van der Waals surface area contributed by atoms with Crippen LogP contribution < -0.4 is 0 Å². The predicted molar refractivity (Wildman–Crippen MR) is 53.0 cm³/mol. The molecular formula is C9H10ClN3. The molecule has 0 N–H and O–H groups in total. The largest absolute Gasteiger partial charge is 0.333 e. The van der Waals surface area contributed by atoms with Gasteiger partial charge in [0.2, 0.25) is 0 Å². The van der Waals surface area contributed by atoms with Crippen molar-refractivity contribution in [1.82, 2.24) is 14.8 Å². The highest BCUT2D eigenvalue weighted by Crippen LogP contribution is 2.25. The van der Waals surface area contributed by atoms with E-state index in [1.807, 2.05) is 31.5 Å². The van der Waals surface area contributed by atoms with E-state index in [0.717, 1.165) is 27.4 Å². The molecule has 2 aromatic rings. The molecule has 0 unspecified atom stereocenters. The van der Waals surface area contributed by atoms with Crippen molar-refractivity contribution in [1.29, 1.82) is 0 Å². The van der Waals surface area contributed by atoms with Crippen LogP contribution in [0.2, 0.25) is 5.15 Å². The lowest BCUT2D eigenvalue weighted by Crippen LogP contribution is -1.95. The van der Waals surface area contributed by atoms with Gasteiger partial charge < -0.3 is 4.57 Å². The molecule has 0 radical (unpaired) electrons. The van der Waals surface area contributed by atoms with Crippen molar-refractivity contribution in [3.63, 3.8) is 0 Å². The SMILES string of the molecule is Cc1nnc(C)c2c1cc(Cl)n2C. The number of hydrogen-bond acceptors (Lipinski definition) is 2. The molecule has 0 fully saturated rings. The Bertz CT molecular complexity index is 473. The minimum atomic E-state index is 0.719. The summed E-state index contributed by atoms with van der Waals surface area (Å²) in [5.41, 5.74) is 2.90. The minimum absolute atomic E-state index is 0.719. The van der Waals surface area contributed by atoms with Gasteiger partial charge in [0.1, 0.15) is 5.15 Å². The van der Waals surface area contributed by atoms with Crippen molar-refractivity contribution < 1.29 is 0 Å². The summed E-state index contributed by atoms with van der Waals surface area (Å²) in [5, 5.41) is 9.89. The molecule has 0 aliphatic rings. The Morgan fingerprint density at radius 2 is 1.85 bits per heavy atom. The van der Waals surface area contributed by atoms with Crippen molar-refractivity contribution >= 4 is 22.5 Å². The average Bonchev–Trinajstić information content (AvgIpc) is 2.38. The van der Waals surface area contributed by atoms with Gasteiger partial charge in [-0.05, 0) is 19.9 Å². The molecule has 0 spiro atoms. The van der Waals surface area contributed by atoms with E-state index in [1.165, 1.54) is 0 Å². The second kappa shape index (κ2) is 2.70. The zero-order chi connectivity index (χ0) is 9.59. The molecule has 0 bridgehead atoms. The van der Waals surface area contributed by atoms with Crippen LogP contribution in [-0.4, -0.2) is 14.8 Å². The fourth-order valence-corrected chi connectivity index (χ4v) is 1.73. The number of fused-ring (bicyclic) bond motifs is 1. The first kappa shape index (κ1) is 8.51. The highest BCUT2D eigenvalue weighted by molar-refractivity contribution is 6.31. The molecule has 0 aliphatic carbocycles. The Labute approximate surface area is 81.3 Å². The topological polar surface area (TPSA) is 30.7 Å². The summed E-state index contributed by atoms with van der Waals surface area (Å²) in [7, 11) is 1.93. The third-order valence-corrected chi connectivity index (χ3v) is 2.62. The number of aromatic nitrogens is 3. The van der Waals surface area contributed by atoms with Gasteiger partial charge >= 0.3 is 0 Å². The smallest absolute Gasteiger partial charge is 0.109 e.